The lowest BCUT2D eigenvalue weighted by molar-refractivity contribution is -0.137. The number of nitrogens with zero attached hydrogens (tertiary/aromatic N) is 1. The molecule has 1 atom stereocenters. The summed E-state index contributed by atoms with van der Waals surface area (Å²) in [4.78, 5) is 11.1. The van der Waals surface area contributed by atoms with Crippen molar-refractivity contribution in [3.05, 3.63) is 71.7 Å². The lowest BCUT2D eigenvalue weighted by Gasteiger charge is -2.33. The predicted molar refractivity (Wildman–Crippen MR) is 85.9 cm³/mol. The normalized spacial score (nSPS) is 16.7. The minimum atomic E-state index is -4.00. The van der Waals surface area contributed by atoms with Crippen LogP contribution in [0.5, 0.6) is 0 Å². The maximum absolute atomic E-state index is 13.1. The van der Waals surface area contributed by atoms with E-state index in [0.29, 0.717) is 5.56 Å². The van der Waals surface area contributed by atoms with E-state index in [1.54, 1.807) is 30.3 Å². The number of aliphatic carboxylic acids is 1. The number of benzene rings is 2. The summed E-state index contributed by atoms with van der Waals surface area (Å²) in [5, 5.41) is 9.19. The van der Waals surface area contributed by atoms with Gasteiger partial charge in [0.25, 0.3) is 10.0 Å². The molecule has 24 heavy (non-hydrogen) atoms. The van der Waals surface area contributed by atoms with Crippen molar-refractivity contribution in [1.82, 2.24) is 4.31 Å². The molecule has 0 saturated heterocycles. The Kier molecular flexibility index (Phi) is 4.11. The zero-order chi connectivity index (χ0) is 17.3. The number of sulfonamides is 1. The first kappa shape index (κ1) is 16.2. The number of halogens is 1. The molecular formula is C17H14FNO4S. The molecule has 0 saturated carbocycles. The fourth-order valence-corrected chi connectivity index (χ4v) is 4.17. The number of carbonyl (C=O) groups is 1. The first-order valence-electron chi connectivity index (χ1n) is 7.17. The van der Waals surface area contributed by atoms with Crippen molar-refractivity contribution in [2.75, 3.05) is 0 Å². The molecule has 0 bridgehead atoms. The highest BCUT2D eigenvalue weighted by molar-refractivity contribution is 7.89. The number of carboxylic acid groups (broad SMARTS) is 1. The molecule has 2 aromatic carbocycles. The quantitative estimate of drug-likeness (QED) is 0.922. The third-order valence-corrected chi connectivity index (χ3v) is 5.62. The lowest BCUT2D eigenvalue weighted by atomic mass is 9.96. The van der Waals surface area contributed by atoms with Crippen LogP contribution in [0.25, 0.3) is 6.08 Å². The Bertz CT molecular complexity index is 906. The number of rotatable bonds is 4. The molecule has 0 amide bonds. The van der Waals surface area contributed by atoms with E-state index in [0.717, 1.165) is 34.1 Å². The molecule has 124 valence electrons. The molecule has 3 rings (SSSR count). The molecule has 0 radical (unpaired) electrons. The predicted octanol–water partition coefficient (Wildman–Crippen LogP) is 3.02. The fraction of sp³-hybridized carbons (Fsp3) is 0.118. The Labute approximate surface area is 138 Å². The van der Waals surface area contributed by atoms with Gasteiger partial charge in [0.1, 0.15) is 5.82 Å². The van der Waals surface area contributed by atoms with Gasteiger partial charge < -0.3 is 5.11 Å². The summed E-state index contributed by atoms with van der Waals surface area (Å²) in [6, 6.07) is 10.6. The molecule has 0 spiro atoms. The maximum Gasteiger partial charge on any atom is 0.305 e. The van der Waals surface area contributed by atoms with E-state index in [-0.39, 0.29) is 11.3 Å². The summed E-state index contributed by atoms with van der Waals surface area (Å²) in [5.41, 5.74) is 1.39. The van der Waals surface area contributed by atoms with Gasteiger partial charge >= 0.3 is 5.97 Å². The molecule has 0 aromatic heterocycles. The highest BCUT2D eigenvalue weighted by atomic mass is 32.2. The van der Waals surface area contributed by atoms with Gasteiger partial charge in [-0.25, -0.2) is 12.8 Å². The zero-order valence-corrected chi connectivity index (χ0v) is 13.3. The molecule has 1 heterocycles. The molecule has 1 aliphatic rings. The van der Waals surface area contributed by atoms with Gasteiger partial charge in [0, 0.05) is 6.20 Å². The van der Waals surface area contributed by atoms with Crippen molar-refractivity contribution < 1.29 is 22.7 Å². The average Bonchev–Trinajstić information content (AvgIpc) is 2.55. The summed E-state index contributed by atoms with van der Waals surface area (Å²) in [6.07, 6.45) is 2.60. The number of carboxylic acids is 1. The van der Waals surface area contributed by atoms with Gasteiger partial charge in [0.2, 0.25) is 0 Å². The van der Waals surface area contributed by atoms with Crippen LogP contribution < -0.4 is 0 Å². The minimum absolute atomic E-state index is 0.0941. The van der Waals surface area contributed by atoms with Crippen LogP contribution >= 0.6 is 0 Å². The Morgan fingerprint density at radius 2 is 1.79 bits per heavy atom. The Morgan fingerprint density at radius 3 is 2.46 bits per heavy atom. The number of fused-ring (bicyclic) bond motifs is 1. The van der Waals surface area contributed by atoms with Crippen LogP contribution in [0.15, 0.2) is 59.6 Å². The van der Waals surface area contributed by atoms with Crippen molar-refractivity contribution in [3.8, 4) is 0 Å². The third kappa shape index (κ3) is 2.90. The van der Waals surface area contributed by atoms with E-state index < -0.39 is 27.9 Å². The second-order valence-electron chi connectivity index (χ2n) is 5.35. The average molecular weight is 347 g/mol. The summed E-state index contributed by atoms with van der Waals surface area (Å²) in [7, 11) is -4.00. The van der Waals surface area contributed by atoms with Crippen LogP contribution in [0.2, 0.25) is 0 Å². The molecule has 2 aromatic rings. The van der Waals surface area contributed by atoms with E-state index >= 15 is 0 Å². The SMILES string of the molecule is O=C(O)CC1c2ccccc2C=CN1S(=O)(=O)c1ccc(F)cc1. The van der Waals surface area contributed by atoms with Crippen molar-refractivity contribution in [2.24, 2.45) is 0 Å². The van der Waals surface area contributed by atoms with Gasteiger partial charge in [0.05, 0.1) is 17.4 Å². The second-order valence-corrected chi connectivity index (χ2v) is 7.19. The molecule has 1 aliphatic heterocycles. The summed E-state index contributed by atoms with van der Waals surface area (Å²) in [5.74, 6) is -1.65. The summed E-state index contributed by atoms with van der Waals surface area (Å²) < 4.78 is 39.8. The van der Waals surface area contributed by atoms with E-state index in [1.165, 1.54) is 6.20 Å². The zero-order valence-electron chi connectivity index (χ0n) is 12.5. The summed E-state index contributed by atoms with van der Waals surface area (Å²) in [6.45, 7) is 0. The van der Waals surface area contributed by atoms with Gasteiger partial charge in [-0.1, -0.05) is 24.3 Å². The molecular weight excluding hydrogens is 333 g/mol. The van der Waals surface area contributed by atoms with Crippen molar-refractivity contribution in [3.63, 3.8) is 0 Å². The van der Waals surface area contributed by atoms with Gasteiger partial charge in [0.15, 0.2) is 0 Å². The standard InChI is InChI=1S/C17H14FNO4S/c18-13-5-7-14(8-6-13)24(22,23)19-10-9-12-3-1-2-4-15(12)16(19)11-17(20)21/h1-10,16H,11H2,(H,20,21). The molecule has 0 fully saturated rings. The van der Waals surface area contributed by atoms with Gasteiger partial charge in [-0.05, 0) is 41.5 Å². The van der Waals surface area contributed by atoms with Crippen LogP contribution in [-0.2, 0) is 14.8 Å². The first-order chi connectivity index (χ1) is 11.4. The summed E-state index contributed by atoms with van der Waals surface area (Å²) >= 11 is 0. The maximum atomic E-state index is 13.1. The van der Waals surface area contributed by atoms with E-state index in [9.17, 15) is 22.7 Å². The van der Waals surface area contributed by atoms with Gasteiger partial charge in [-0.15, -0.1) is 0 Å². The number of hydrogen-bond acceptors (Lipinski definition) is 3. The molecule has 1 N–H and O–H groups in total. The van der Waals surface area contributed by atoms with Crippen LogP contribution in [0, 0.1) is 5.82 Å². The van der Waals surface area contributed by atoms with Crippen LogP contribution in [0.1, 0.15) is 23.6 Å². The van der Waals surface area contributed by atoms with Crippen LogP contribution in [-0.4, -0.2) is 23.8 Å². The monoisotopic (exact) mass is 347 g/mol. The van der Waals surface area contributed by atoms with Crippen molar-refractivity contribution >= 4 is 22.1 Å². The Hall–Kier alpha value is -2.67. The Morgan fingerprint density at radius 1 is 1.12 bits per heavy atom. The largest absolute Gasteiger partial charge is 0.481 e. The topological polar surface area (TPSA) is 74.7 Å². The lowest BCUT2D eigenvalue weighted by Crippen LogP contribution is -2.33. The van der Waals surface area contributed by atoms with E-state index in [2.05, 4.69) is 0 Å². The van der Waals surface area contributed by atoms with Gasteiger partial charge in [-0.2, -0.15) is 0 Å². The second kappa shape index (κ2) is 6.09. The molecule has 5 nitrogen and oxygen atoms in total. The molecule has 0 aliphatic carbocycles. The van der Waals surface area contributed by atoms with Crippen LogP contribution in [0.4, 0.5) is 4.39 Å². The van der Waals surface area contributed by atoms with Crippen molar-refractivity contribution in [2.45, 2.75) is 17.4 Å². The highest BCUT2D eigenvalue weighted by Gasteiger charge is 2.34. The first-order valence-corrected chi connectivity index (χ1v) is 8.61. The van der Waals surface area contributed by atoms with Gasteiger partial charge in [-0.3, -0.25) is 9.10 Å². The highest BCUT2D eigenvalue weighted by Crippen LogP contribution is 2.36. The van der Waals surface area contributed by atoms with Crippen molar-refractivity contribution in [1.29, 1.82) is 0 Å². The van der Waals surface area contributed by atoms with Crippen LogP contribution in [0.3, 0.4) is 0 Å². The fourth-order valence-electron chi connectivity index (χ4n) is 2.70. The van der Waals surface area contributed by atoms with E-state index in [4.69, 9.17) is 0 Å². The molecule has 7 heteroatoms. The minimum Gasteiger partial charge on any atom is -0.481 e. The molecule has 1 unspecified atom stereocenters. The Balaban J connectivity index is 2.08. The number of hydrogen-bond donors (Lipinski definition) is 1. The third-order valence-electron chi connectivity index (χ3n) is 3.82. The smallest absolute Gasteiger partial charge is 0.305 e. The van der Waals surface area contributed by atoms with E-state index in [1.807, 2.05) is 0 Å².